The van der Waals surface area contributed by atoms with Crippen LogP contribution in [0.1, 0.15) is 11.1 Å². The second kappa shape index (κ2) is 30.3. The molecule has 4 aromatic heterocycles. The van der Waals surface area contributed by atoms with Gasteiger partial charge in [0.2, 0.25) is 0 Å². The van der Waals surface area contributed by atoms with Crippen molar-refractivity contribution in [3.8, 4) is 78.8 Å². The zero-order valence-electron chi connectivity index (χ0n) is 37.6. The summed E-state index contributed by atoms with van der Waals surface area (Å²) in [6.45, 7) is 4.15. The quantitative estimate of drug-likeness (QED) is 0.132. The van der Waals surface area contributed by atoms with Gasteiger partial charge in [0.05, 0.1) is 0 Å². The van der Waals surface area contributed by atoms with Gasteiger partial charge in [-0.2, -0.15) is 0 Å². The summed E-state index contributed by atoms with van der Waals surface area (Å²) >= 11 is 1.61. The molecule has 0 spiro atoms. The zero-order valence-corrected chi connectivity index (χ0v) is 46.0. The summed E-state index contributed by atoms with van der Waals surface area (Å²) in [6, 6.07) is 72.9. The summed E-state index contributed by atoms with van der Waals surface area (Å²) in [6.07, 6.45) is 7.19. The molecular formula is C58H45ClKN4O2Pt2-. The van der Waals surface area contributed by atoms with Crippen LogP contribution in [0.3, 0.4) is 0 Å². The van der Waals surface area contributed by atoms with E-state index in [9.17, 15) is 5.11 Å². The van der Waals surface area contributed by atoms with Crippen molar-refractivity contribution in [1.29, 1.82) is 0 Å². The molecule has 0 fully saturated rings. The number of halogens is 1. The van der Waals surface area contributed by atoms with Gasteiger partial charge in [0.15, 0.2) is 0 Å². The van der Waals surface area contributed by atoms with E-state index in [1.54, 1.807) is 67.8 Å². The molecule has 4 heterocycles. The van der Waals surface area contributed by atoms with Crippen molar-refractivity contribution in [2.75, 3.05) is 0 Å². The Balaban J connectivity index is 0.000000196. The molecule has 0 aliphatic carbocycles. The molecule has 10 heteroatoms. The minimum absolute atomic E-state index is 0. The fourth-order valence-electron chi connectivity index (χ4n) is 6.63. The predicted molar refractivity (Wildman–Crippen MR) is 264 cm³/mol. The van der Waals surface area contributed by atoms with Crippen LogP contribution in [0.2, 0.25) is 0 Å². The van der Waals surface area contributed by atoms with Gasteiger partial charge in [0.25, 0.3) is 0 Å². The fraction of sp³-hybridized carbons (Fsp3) is 0.0345. The molecule has 10 aromatic rings. The number of aromatic hydroxyl groups is 1. The van der Waals surface area contributed by atoms with Crippen molar-refractivity contribution in [3.05, 3.63) is 254 Å². The monoisotopic (exact) mass is 1290 g/mol. The Morgan fingerprint density at radius 3 is 0.941 bits per heavy atom. The van der Waals surface area contributed by atoms with Crippen molar-refractivity contribution >= 4 is 9.42 Å². The van der Waals surface area contributed by atoms with Crippen molar-refractivity contribution in [1.82, 2.24) is 19.9 Å². The van der Waals surface area contributed by atoms with E-state index in [2.05, 4.69) is 79.6 Å². The predicted octanol–water partition coefficient (Wildman–Crippen LogP) is 11.0. The normalized spacial score (nSPS) is 9.66. The van der Waals surface area contributed by atoms with Crippen LogP contribution in [-0.4, -0.2) is 25.0 Å². The molecule has 0 aliphatic rings. The Labute approximate surface area is 472 Å². The van der Waals surface area contributed by atoms with Crippen LogP contribution in [0.15, 0.2) is 231 Å². The molecule has 0 aliphatic heterocycles. The van der Waals surface area contributed by atoms with E-state index in [1.807, 2.05) is 158 Å². The maximum absolute atomic E-state index is 10.9. The molecule has 6 nitrogen and oxygen atoms in total. The molecular weight excluding hydrogens is 1250 g/mol. The van der Waals surface area contributed by atoms with Gasteiger partial charge in [-0.05, 0) is 58.7 Å². The number of hydrogen-bond acceptors (Lipinski definition) is 6. The minimum Gasteiger partial charge on any atom is -0.872 e. The largest absolute Gasteiger partial charge is 1.00 e. The topological polar surface area (TPSA) is 94.9 Å². The maximum Gasteiger partial charge on any atom is 1.00 e. The summed E-state index contributed by atoms with van der Waals surface area (Å²) in [7, 11) is 4.61. The summed E-state index contributed by atoms with van der Waals surface area (Å²) in [5, 5.41) is 20.0. The second-order valence-corrected chi connectivity index (χ2v) is 14.6. The molecule has 338 valence electrons. The van der Waals surface area contributed by atoms with Crippen LogP contribution in [0.25, 0.3) is 67.3 Å². The molecule has 1 N–H and O–H groups in total. The van der Waals surface area contributed by atoms with Crippen molar-refractivity contribution in [2.24, 2.45) is 0 Å². The molecule has 0 saturated heterocycles. The molecule has 0 atom stereocenters. The van der Waals surface area contributed by atoms with Gasteiger partial charge >= 0.3 is 79.6 Å². The molecule has 0 bridgehead atoms. The van der Waals surface area contributed by atoms with Crippen LogP contribution in [0.5, 0.6) is 11.5 Å². The van der Waals surface area contributed by atoms with E-state index in [1.165, 1.54) is 16.7 Å². The van der Waals surface area contributed by atoms with Gasteiger partial charge in [0.1, 0.15) is 5.75 Å². The number of phenolic OH excluding ortho intramolecular Hbond substituents is 1. The van der Waals surface area contributed by atoms with Gasteiger partial charge in [-0.1, -0.05) is 182 Å². The SMILES string of the molecule is Cc1cc(-c2ccccn2)[c-]c(-c2ccccn2)c1.Cc1cc(-c2ccccn2)[c-]c(-c2ccccn2)c1.Oc1ccc(-c2ccccc2)cc1.[Cl][Pt+].[K+].[O-]c1ccc(-c2ccccc2)cc1.[Pt]. The number of pyridine rings is 4. The first kappa shape index (κ1) is 55.4. The first-order valence-electron chi connectivity index (χ1n) is 20.9. The van der Waals surface area contributed by atoms with E-state index in [-0.39, 0.29) is 78.2 Å². The zero-order chi connectivity index (χ0) is 46.4. The summed E-state index contributed by atoms with van der Waals surface area (Å²) in [5.74, 6) is 0.361. The molecule has 0 saturated carbocycles. The van der Waals surface area contributed by atoms with Gasteiger partial charge in [-0.25, -0.2) is 0 Å². The van der Waals surface area contributed by atoms with E-state index < -0.39 is 0 Å². The summed E-state index contributed by atoms with van der Waals surface area (Å²) in [4.78, 5) is 17.5. The van der Waals surface area contributed by atoms with Crippen molar-refractivity contribution in [2.45, 2.75) is 13.8 Å². The Hall–Kier alpha value is -5.18. The van der Waals surface area contributed by atoms with Gasteiger partial charge in [-0.15, -0.1) is 53.3 Å². The summed E-state index contributed by atoms with van der Waals surface area (Å²) < 4.78 is 0. The van der Waals surface area contributed by atoms with Gasteiger partial charge < -0.3 is 10.2 Å². The van der Waals surface area contributed by atoms with E-state index in [0.717, 1.165) is 61.7 Å². The van der Waals surface area contributed by atoms with Crippen molar-refractivity contribution < 1.29 is 101 Å². The number of rotatable bonds is 6. The third-order valence-electron chi connectivity index (χ3n) is 9.73. The first-order chi connectivity index (χ1) is 32.4. The number of aryl methyl sites for hydroxylation is 2. The number of phenols is 1. The molecule has 0 radical (unpaired) electrons. The minimum atomic E-state index is 0. The molecule has 6 aromatic carbocycles. The second-order valence-electron chi connectivity index (χ2n) is 14.6. The molecule has 0 amide bonds. The third kappa shape index (κ3) is 17.7. The summed E-state index contributed by atoms with van der Waals surface area (Å²) in [5.41, 5.74) is 14.6. The number of hydrogen-bond donors (Lipinski definition) is 1. The maximum atomic E-state index is 10.9. The van der Waals surface area contributed by atoms with Gasteiger partial charge in [0, 0.05) is 68.6 Å². The first-order valence-corrected chi connectivity index (χ1v) is 23.7. The van der Waals surface area contributed by atoms with Crippen LogP contribution in [0, 0.1) is 26.0 Å². The van der Waals surface area contributed by atoms with E-state index >= 15 is 0 Å². The van der Waals surface area contributed by atoms with Crippen LogP contribution < -0.4 is 56.5 Å². The standard InChI is InChI=1S/2C17H13N2.2C12H10O.ClH.K.2Pt/c2*1-13-10-14(16-6-2-4-8-18-16)12-15(11-13)17-7-3-5-9-19-17;2*13-12-8-6-11(7-9-12)10-4-2-1-3-5-10;;;;/h2*2-11H,1H3;2*1-9,13H;1H;;;/q2*-1;;;;+1;;+2/p-2. The van der Waals surface area contributed by atoms with Crippen LogP contribution in [0.4, 0.5) is 0 Å². The van der Waals surface area contributed by atoms with E-state index in [4.69, 9.17) is 5.11 Å². The smallest absolute Gasteiger partial charge is 0.872 e. The average molecular weight is 1290 g/mol. The number of aromatic nitrogens is 4. The number of nitrogens with zero attached hydrogens (tertiary/aromatic N) is 4. The molecule has 68 heavy (non-hydrogen) atoms. The number of benzene rings is 6. The average Bonchev–Trinajstić information content (AvgIpc) is 3.39. The van der Waals surface area contributed by atoms with Crippen LogP contribution in [-0.2, 0) is 39.8 Å². The third-order valence-corrected chi connectivity index (χ3v) is 9.73. The molecule has 10 rings (SSSR count). The van der Waals surface area contributed by atoms with Crippen molar-refractivity contribution in [3.63, 3.8) is 0 Å². The van der Waals surface area contributed by atoms with Crippen LogP contribution >= 0.6 is 9.42 Å². The molecule has 0 unspecified atom stereocenters. The van der Waals surface area contributed by atoms with E-state index in [0.29, 0.717) is 5.75 Å². The Morgan fingerprint density at radius 1 is 0.397 bits per heavy atom. The fourth-order valence-corrected chi connectivity index (χ4v) is 6.63. The Bertz CT molecular complexity index is 2620. The van der Waals surface area contributed by atoms with Gasteiger partial charge in [-0.3, -0.25) is 19.9 Å². The Kier molecular flexibility index (Phi) is 24.7. The Morgan fingerprint density at radius 2 is 0.662 bits per heavy atom.